The van der Waals surface area contributed by atoms with E-state index in [-0.39, 0.29) is 22.1 Å². The number of aromatic amines is 1. The van der Waals surface area contributed by atoms with Crippen LogP contribution in [0.4, 0.5) is 0 Å². The highest BCUT2D eigenvalue weighted by molar-refractivity contribution is 6.74. The molecule has 0 aliphatic heterocycles. The molecule has 1 N–H and O–H groups in total. The fourth-order valence-electron chi connectivity index (χ4n) is 2.53. The third-order valence-electron chi connectivity index (χ3n) is 5.31. The topological polar surface area (TPSA) is 104 Å². The van der Waals surface area contributed by atoms with Crippen molar-refractivity contribution >= 4 is 8.32 Å². The maximum Gasteiger partial charge on any atom is 0.309 e. The summed E-state index contributed by atoms with van der Waals surface area (Å²) in [5.41, 5.74) is 0.969. The van der Waals surface area contributed by atoms with Crippen LogP contribution in [0, 0.1) is 22.7 Å². The van der Waals surface area contributed by atoms with E-state index in [0.717, 1.165) is 0 Å². The Morgan fingerprint density at radius 3 is 2.21 bits per heavy atom. The molecule has 8 heteroatoms. The largest absolute Gasteiger partial charge is 0.449 e. The van der Waals surface area contributed by atoms with Gasteiger partial charge in [0.2, 0.25) is 5.75 Å². The summed E-state index contributed by atoms with van der Waals surface area (Å²) in [6, 6.07) is 8.49. The molecule has 7 nitrogen and oxygen atoms in total. The Labute approximate surface area is 172 Å². The number of aromatic nitrogens is 2. The summed E-state index contributed by atoms with van der Waals surface area (Å²) in [6.07, 6.45) is 0.573. The zero-order valence-corrected chi connectivity index (χ0v) is 18.9. The molecule has 2 aromatic rings. The Hall–Kier alpha value is -2.81. The summed E-state index contributed by atoms with van der Waals surface area (Å²) in [4.78, 5) is 12.8. The highest BCUT2D eigenvalue weighted by Crippen LogP contribution is 2.36. The van der Waals surface area contributed by atoms with Gasteiger partial charge in [0.1, 0.15) is 5.75 Å². The lowest BCUT2D eigenvalue weighted by Crippen LogP contribution is -2.41. The van der Waals surface area contributed by atoms with Gasteiger partial charge in [-0.1, -0.05) is 27.7 Å². The van der Waals surface area contributed by atoms with Crippen LogP contribution in [-0.2, 0) is 17.4 Å². The van der Waals surface area contributed by atoms with Crippen LogP contribution in [0.2, 0.25) is 18.1 Å². The molecule has 0 unspecified atom stereocenters. The molecule has 0 radical (unpaired) electrons. The summed E-state index contributed by atoms with van der Waals surface area (Å²) < 4.78 is 13.4. The fourth-order valence-corrected chi connectivity index (χ4v) is 3.57. The second-order valence-electron chi connectivity index (χ2n) is 8.41. The van der Waals surface area contributed by atoms with Gasteiger partial charge in [-0.3, -0.25) is 9.89 Å². The molecule has 29 heavy (non-hydrogen) atoms. The molecule has 0 aliphatic carbocycles. The van der Waals surface area contributed by atoms with Crippen LogP contribution in [-0.4, -0.2) is 24.7 Å². The number of ether oxygens (including phenoxy) is 1. The molecular formula is C21H28N4O3Si. The second-order valence-corrected chi connectivity index (χ2v) is 13.2. The van der Waals surface area contributed by atoms with Crippen molar-refractivity contribution in [2.24, 2.45) is 0 Å². The average Bonchev–Trinajstić information content (AvgIpc) is 2.95. The standard InChI is InChI=1S/C21H28N4O3Si/c1-7-18-19(28-17-11-15(13-22)10-16(12-17)14-23)20(26)25(24-18)8-9-27-29(5,6)21(2,3)4/h10-12,24H,7-9H2,1-6H3. The summed E-state index contributed by atoms with van der Waals surface area (Å²) >= 11 is 0. The van der Waals surface area contributed by atoms with Gasteiger partial charge >= 0.3 is 5.56 Å². The van der Waals surface area contributed by atoms with Gasteiger partial charge < -0.3 is 9.16 Å². The Balaban J connectivity index is 2.24. The number of aryl methyl sites for hydroxylation is 1. The van der Waals surface area contributed by atoms with Crippen molar-refractivity contribution in [2.45, 2.75) is 58.8 Å². The minimum absolute atomic E-state index is 0.0980. The Bertz CT molecular complexity index is 984. The zero-order chi connectivity index (χ0) is 21.8. The van der Waals surface area contributed by atoms with Gasteiger partial charge in [0.25, 0.3) is 0 Å². The van der Waals surface area contributed by atoms with Crippen molar-refractivity contribution in [1.82, 2.24) is 9.78 Å². The Kier molecular flexibility index (Phi) is 6.73. The van der Waals surface area contributed by atoms with Gasteiger partial charge in [-0.15, -0.1) is 0 Å². The van der Waals surface area contributed by atoms with E-state index in [4.69, 9.17) is 19.7 Å². The Morgan fingerprint density at radius 1 is 1.14 bits per heavy atom. The highest BCUT2D eigenvalue weighted by atomic mass is 28.4. The van der Waals surface area contributed by atoms with Gasteiger partial charge in [-0.2, -0.15) is 10.5 Å². The number of hydrogen-bond acceptors (Lipinski definition) is 5. The van der Waals surface area contributed by atoms with Crippen molar-refractivity contribution in [3.8, 4) is 23.6 Å². The minimum Gasteiger partial charge on any atom is -0.449 e. The number of benzene rings is 1. The molecule has 1 aromatic heterocycles. The van der Waals surface area contributed by atoms with E-state index >= 15 is 0 Å². The summed E-state index contributed by atoms with van der Waals surface area (Å²) in [6.45, 7) is 13.6. The molecule has 0 bridgehead atoms. The molecule has 0 fully saturated rings. The lowest BCUT2D eigenvalue weighted by Gasteiger charge is -2.36. The van der Waals surface area contributed by atoms with E-state index in [1.54, 1.807) is 0 Å². The molecule has 0 spiro atoms. The van der Waals surface area contributed by atoms with E-state index in [1.165, 1.54) is 22.9 Å². The fraction of sp³-hybridized carbons (Fsp3) is 0.476. The van der Waals surface area contributed by atoms with Crippen molar-refractivity contribution in [3.05, 3.63) is 45.4 Å². The third kappa shape index (κ3) is 5.17. The van der Waals surface area contributed by atoms with E-state index < -0.39 is 8.32 Å². The zero-order valence-electron chi connectivity index (χ0n) is 17.9. The molecule has 0 aliphatic rings. The number of nitriles is 2. The van der Waals surface area contributed by atoms with Crippen LogP contribution < -0.4 is 10.3 Å². The summed E-state index contributed by atoms with van der Waals surface area (Å²) in [5, 5.41) is 21.4. The van der Waals surface area contributed by atoms with Gasteiger partial charge in [-0.25, -0.2) is 4.68 Å². The van der Waals surface area contributed by atoms with Crippen LogP contribution >= 0.6 is 0 Å². The van der Waals surface area contributed by atoms with Gasteiger partial charge in [0, 0.05) is 0 Å². The predicted molar refractivity (Wildman–Crippen MR) is 114 cm³/mol. The summed E-state index contributed by atoms with van der Waals surface area (Å²) in [7, 11) is -1.90. The number of nitrogens with zero attached hydrogens (tertiary/aromatic N) is 3. The van der Waals surface area contributed by atoms with Crippen LogP contribution in [0.25, 0.3) is 0 Å². The summed E-state index contributed by atoms with van der Waals surface area (Å²) in [5.74, 6) is 0.467. The van der Waals surface area contributed by atoms with Crippen LogP contribution in [0.3, 0.4) is 0 Å². The molecular weight excluding hydrogens is 384 g/mol. The quantitative estimate of drug-likeness (QED) is 0.683. The normalized spacial score (nSPS) is 11.7. The van der Waals surface area contributed by atoms with Gasteiger partial charge in [-0.05, 0) is 42.8 Å². The smallest absolute Gasteiger partial charge is 0.309 e. The second kappa shape index (κ2) is 8.69. The third-order valence-corrected chi connectivity index (χ3v) is 9.84. The highest BCUT2D eigenvalue weighted by Gasteiger charge is 2.37. The van der Waals surface area contributed by atoms with E-state index in [9.17, 15) is 4.79 Å². The number of rotatable bonds is 7. The molecule has 2 rings (SSSR count). The minimum atomic E-state index is -1.90. The molecule has 0 saturated carbocycles. The van der Waals surface area contributed by atoms with Crippen LogP contribution in [0.15, 0.2) is 23.0 Å². The average molecular weight is 413 g/mol. The molecule has 154 valence electrons. The lowest BCUT2D eigenvalue weighted by atomic mass is 10.1. The van der Waals surface area contributed by atoms with Crippen molar-refractivity contribution in [3.63, 3.8) is 0 Å². The first-order valence-electron chi connectivity index (χ1n) is 9.61. The monoisotopic (exact) mass is 412 g/mol. The number of hydrogen-bond donors (Lipinski definition) is 1. The van der Waals surface area contributed by atoms with E-state index in [2.05, 4.69) is 39.0 Å². The predicted octanol–water partition coefficient (Wildman–Crippen LogP) is 4.30. The van der Waals surface area contributed by atoms with Crippen molar-refractivity contribution in [1.29, 1.82) is 10.5 Å². The van der Waals surface area contributed by atoms with Gasteiger partial charge in [0.15, 0.2) is 8.32 Å². The van der Waals surface area contributed by atoms with E-state index in [0.29, 0.717) is 36.4 Å². The first kappa shape index (κ1) is 22.5. The van der Waals surface area contributed by atoms with Crippen molar-refractivity contribution in [2.75, 3.05) is 6.61 Å². The van der Waals surface area contributed by atoms with Gasteiger partial charge in [0.05, 0.1) is 42.1 Å². The van der Waals surface area contributed by atoms with Crippen LogP contribution in [0.1, 0.15) is 44.5 Å². The first-order valence-corrected chi connectivity index (χ1v) is 12.5. The number of nitrogens with one attached hydrogen (secondary N) is 1. The van der Waals surface area contributed by atoms with E-state index in [1.807, 2.05) is 19.1 Å². The maximum absolute atomic E-state index is 12.8. The Morgan fingerprint density at radius 2 is 1.72 bits per heavy atom. The SMILES string of the molecule is CCc1[nH]n(CCO[Si](C)(C)C(C)(C)C)c(=O)c1Oc1cc(C#N)cc(C#N)c1. The number of H-pyrrole nitrogens is 1. The molecule has 1 aromatic carbocycles. The maximum atomic E-state index is 12.8. The van der Waals surface area contributed by atoms with Crippen molar-refractivity contribution < 1.29 is 9.16 Å². The molecule has 0 atom stereocenters. The lowest BCUT2D eigenvalue weighted by molar-refractivity contribution is 0.264. The van der Waals surface area contributed by atoms with Crippen LogP contribution in [0.5, 0.6) is 11.5 Å². The molecule has 0 saturated heterocycles. The molecule has 1 heterocycles. The first-order chi connectivity index (χ1) is 13.5. The molecule has 0 amide bonds.